The van der Waals surface area contributed by atoms with Gasteiger partial charge in [0.15, 0.2) is 0 Å². The van der Waals surface area contributed by atoms with Gasteiger partial charge in [-0.2, -0.15) is 0 Å². The third-order valence-electron chi connectivity index (χ3n) is 3.52. The maximum atomic E-state index is 10.8. The monoisotopic (exact) mass is 264 g/mol. The fourth-order valence-electron chi connectivity index (χ4n) is 2.00. The Morgan fingerprint density at radius 2 is 2.00 bits per heavy atom. The Labute approximate surface area is 115 Å². The van der Waals surface area contributed by atoms with E-state index in [1.165, 1.54) is 0 Å². The summed E-state index contributed by atoms with van der Waals surface area (Å²) in [7, 11) is 0. The van der Waals surface area contributed by atoms with Crippen LogP contribution in [0.25, 0.3) is 0 Å². The fourth-order valence-corrected chi connectivity index (χ4v) is 2.00. The van der Waals surface area contributed by atoms with Crippen molar-refractivity contribution in [3.05, 3.63) is 39.9 Å². The second kappa shape index (κ2) is 7.24. The summed E-state index contributed by atoms with van der Waals surface area (Å²) in [6.07, 6.45) is 2.03. The molecule has 4 heteroatoms. The lowest BCUT2D eigenvalue weighted by molar-refractivity contribution is -0.384. The second-order valence-electron chi connectivity index (χ2n) is 5.39. The van der Waals surface area contributed by atoms with Crippen molar-refractivity contribution in [2.75, 3.05) is 0 Å². The van der Waals surface area contributed by atoms with Gasteiger partial charge in [-0.15, -0.1) is 0 Å². The Bertz CT molecular complexity index is 418. The van der Waals surface area contributed by atoms with Gasteiger partial charge in [0.05, 0.1) is 4.92 Å². The quantitative estimate of drug-likeness (QED) is 0.596. The molecule has 2 atom stereocenters. The summed E-state index contributed by atoms with van der Waals surface area (Å²) in [5.41, 5.74) is 1.17. The average molecular weight is 264 g/mol. The van der Waals surface area contributed by atoms with Gasteiger partial charge in [0.2, 0.25) is 0 Å². The summed E-state index contributed by atoms with van der Waals surface area (Å²) in [6, 6.07) is 7.52. The first kappa shape index (κ1) is 15.6. The van der Waals surface area contributed by atoms with Crippen LogP contribution < -0.4 is 5.32 Å². The van der Waals surface area contributed by atoms with Crippen LogP contribution >= 0.6 is 0 Å². The maximum absolute atomic E-state index is 10.8. The number of nitrogens with one attached hydrogen (secondary N) is 1. The zero-order valence-corrected chi connectivity index (χ0v) is 12.2. The first-order valence-corrected chi connectivity index (χ1v) is 6.96. The molecule has 0 saturated carbocycles. The molecule has 0 spiro atoms. The van der Waals surface area contributed by atoms with Crippen LogP contribution in [0.1, 0.15) is 52.1 Å². The SMILES string of the molecule is CCCC(NC(C)C(C)C)c1cccc([N+](=O)[O-])c1. The lowest BCUT2D eigenvalue weighted by Gasteiger charge is -2.25. The zero-order chi connectivity index (χ0) is 14.4. The lowest BCUT2D eigenvalue weighted by atomic mass is 9.98. The van der Waals surface area contributed by atoms with Crippen molar-refractivity contribution >= 4 is 5.69 Å². The van der Waals surface area contributed by atoms with Gasteiger partial charge < -0.3 is 5.32 Å². The number of nitrogens with zero attached hydrogens (tertiary/aromatic N) is 1. The molecule has 1 N–H and O–H groups in total. The molecule has 0 aromatic heterocycles. The molecule has 0 heterocycles. The molecule has 0 radical (unpaired) electrons. The Kier molecular flexibility index (Phi) is 5.96. The average Bonchev–Trinajstić information content (AvgIpc) is 2.38. The smallest absolute Gasteiger partial charge is 0.269 e. The highest BCUT2D eigenvalue weighted by Gasteiger charge is 2.17. The molecule has 0 aliphatic rings. The summed E-state index contributed by atoms with van der Waals surface area (Å²) >= 11 is 0. The number of hydrogen-bond acceptors (Lipinski definition) is 3. The second-order valence-corrected chi connectivity index (χ2v) is 5.39. The first-order valence-electron chi connectivity index (χ1n) is 6.96. The zero-order valence-electron chi connectivity index (χ0n) is 12.2. The Balaban J connectivity index is 2.91. The van der Waals surface area contributed by atoms with Crippen molar-refractivity contribution in [2.24, 2.45) is 5.92 Å². The number of benzene rings is 1. The highest BCUT2D eigenvalue weighted by Crippen LogP contribution is 2.24. The van der Waals surface area contributed by atoms with Crippen molar-refractivity contribution in [2.45, 2.75) is 52.6 Å². The van der Waals surface area contributed by atoms with Crippen LogP contribution in [0.5, 0.6) is 0 Å². The van der Waals surface area contributed by atoms with Gasteiger partial charge in [-0.3, -0.25) is 10.1 Å². The molecular weight excluding hydrogens is 240 g/mol. The van der Waals surface area contributed by atoms with Crippen LogP contribution in [0.15, 0.2) is 24.3 Å². The predicted molar refractivity (Wildman–Crippen MR) is 78.2 cm³/mol. The molecule has 0 saturated heterocycles. The van der Waals surface area contributed by atoms with Crippen molar-refractivity contribution in [3.8, 4) is 0 Å². The molecule has 1 rings (SSSR count). The largest absolute Gasteiger partial charge is 0.307 e. The van der Waals surface area contributed by atoms with Crippen LogP contribution in [0.2, 0.25) is 0 Å². The van der Waals surface area contributed by atoms with E-state index in [0.717, 1.165) is 18.4 Å². The van der Waals surface area contributed by atoms with E-state index >= 15 is 0 Å². The van der Waals surface area contributed by atoms with E-state index in [9.17, 15) is 10.1 Å². The highest BCUT2D eigenvalue weighted by molar-refractivity contribution is 5.35. The van der Waals surface area contributed by atoms with Gasteiger partial charge >= 0.3 is 0 Å². The number of nitro groups is 1. The predicted octanol–water partition coefficient (Wildman–Crippen LogP) is 4.07. The normalized spacial score (nSPS) is 14.4. The van der Waals surface area contributed by atoms with Gasteiger partial charge in [0, 0.05) is 24.2 Å². The molecule has 0 amide bonds. The summed E-state index contributed by atoms with van der Waals surface area (Å²) < 4.78 is 0. The Morgan fingerprint density at radius 1 is 1.32 bits per heavy atom. The van der Waals surface area contributed by atoms with Crippen LogP contribution in [0.4, 0.5) is 5.69 Å². The molecule has 0 bridgehead atoms. The van der Waals surface area contributed by atoms with Crippen LogP contribution in [-0.2, 0) is 0 Å². The molecule has 2 unspecified atom stereocenters. The molecule has 19 heavy (non-hydrogen) atoms. The van der Waals surface area contributed by atoms with E-state index in [0.29, 0.717) is 12.0 Å². The number of nitro benzene ring substituents is 1. The third-order valence-corrected chi connectivity index (χ3v) is 3.52. The van der Waals surface area contributed by atoms with Gasteiger partial charge in [0.25, 0.3) is 5.69 Å². The van der Waals surface area contributed by atoms with Crippen molar-refractivity contribution < 1.29 is 4.92 Å². The molecule has 1 aromatic rings. The molecule has 0 aliphatic carbocycles. The summed E-state index contributed by atoms with van der Waals surface area (Å²) in [5.74, 6) is 0.540. The van der Waals surface area contributed by atoms with Gasteiger partial charge in [-0.05, 0) is 24.8 Å². The van der Waals surface area contributed by atoms with E-state index in [1.54, 1.807) is 18.2 Å². The number of rotatable bonds is 7. The van der Waals surface area contributed by atoms with E-state index in [1.807, 2.05) is 6.07 Å². The van der Waals surface area contributed by atoms with Crippen LogP contribution in [-0.4, -0.2) is 11.0 Å². The van der Waals surface area contributed by atoms with Gasteiger partial charge in [-0.25, -0.2) is 0 Å². The molecule has 0 fully saturated rings. The van der Waals surface area contributed by atoms with Gasteiger partial charge in [-0.1, -0.05) is 39.3 Å². The van der Waals surface area contributed by atoms with Gasteiger partial charge in [0.1, 0.15) is 0 Å². The standard InChI is InChI=1S/C15H24N2O2/c1-5-7-15(16-12(4)11(2)3)13-8-6-9-14(10-13)17(18)19/h6,8-12,15-16H,5,7H2,1-4H3. The minimum Gasteiger partial charge on any atom is -0.307 e. The summed E-state index contributed by atoms with van der Waals surface area (Å²) in [6.45, 7) is 8.64. The molecule has 0 aliphatic heterocycles. The number of hydrogen-bond donors (Lipinski definition) is 1. The topological polar surface area (TPSA) is 55.2 Å². The Hall–Kier alpha value is -1.42. The fraction of sp³-hybridized carbons (Fsp3) is 0.600. The summed E-state index contributed by atoms with van der Waals surface area (Å²) in [5, 5.41) is 14.4. The van der Waals surface area contributed by atoms with Crippen LogP contribution in [0, 0.1) is 16.0 Å². The molecular formula is C15H24N2O2. The minimum atomic E-state index is -0.335. The van der Waals surface area contributed by atoms with Crippen LogP contribution in [0.3, 0.4) is 0 Å². The molecule has 106 valence electrons. The van der Waals surface area contributed by atoms with Crippen molar-refractivity contribution in [1.82, 2.24) is 5.32 Å². The van der Waals surface area contributed by atoms with Crippen molar-refractivity contribution in [1.29, 1.82) is 0 Å². The molecule has 1 aromatic carbocycles. The van der Waals surface area contributed by atoms with E-state index in [-0.39, 0.29) is 16.7 Å². The summed E-state index contributed by atoms with van der Waals surface area (Å²) in [4.78, 5) is 10.5. The Morgan fingerprint density at radius 3 is 2.53 bits per heavy atom. The lowest BCUT2D eigenvalue weighted by Crippen LogP contribution is -2.34. The highest BCUT2D eigenvalue weighted by atomic mass is 16.6. The van der Waals surface area contributed by atoms with Crippen molar-refractivity contribution in [3.63, 3.8) is 0 Å². The molecule has 4 nitrogen and oxygen atoms in total. The number of non-ortho nitro benzene ring substituents is 1. The third kappa shape index (κ3) is 4.63. The first-order chi connectivity index (χ1) is 8.95. The maximum Gasteiger partial charge on any atom is 0.269 e. The van der Waals surface area contributed by atoms with E-state index in [4.69, 9.17) is 0 Å². The minimum absolute atomic E-state index is 0.164. The van der Waals surface area contributed by atoms with E-state index in [2.05, 4.69) is 33.0 Å². The van der Waals surface area contributed by atoms with E-state index < -0.39 is 0 Å².